The Kier molecular flexibility index (Phi) is 6.85. The summed E-state index contributed by atoms with van der Waals surface area (Å²) >= 11 is 0. The number of halogens is 3. The normalized spacial score (nSPS) is 13.2. The van der Waals surface area contributed by atoms with Crippen molar-refractivity contribution >= 4 is 0 Å². The molecular formula is C15H22F3NO. The van der Waals surface area contributed by atoms with Crippen LogP contribution in [0.15, 0.2) is 24.3 Å². The highest BCUT2D eigenvalue weighted by molar-refractivity contribution is 5.27. The van der Waals surface area contributed by atoms with E-state index in [9.17, 15) is 13.2 Å². The van der Waals surface area contributed by atoms with Gasteiger partial charge in [-0.2, -0.15) is 0 Å². The summed E-state index contributed by atoms with van der Waals surface area (Å²) in [7, 11) is 0. The third-order valence-corrected chi connectivity index (χ3v) is 3.12. The molecule has 5 heteroatoms. The molecule has 0 bridgehead atoms. The van der Waals surface area contributed by atoms with Gasteiger partial charge in [0, 0.05) is 0 Å². The highest BCUT2D eigenvalue weighted by atomic mass is 19.4. The van der Waals surface area contributed by atoms with Crippen molar-refractivity contribution in [3.63, 3.8) is 0 Å². The van der Waals surface area contributed by atoms with Crippen molar-refractivity contribution in [2.24, 2.45) is 5.92 Å². The Bertz CT molecular complexity index is 376. The third kappa shape index (κ3) is 6.80. The minimum Gasteiger partial charge on any atom is -0.406 e. The number of benzene rings is 1. The van der Waals surface area contributed by atoms with E-state index >= 15 is 0 Å². The predicted molar refractivity (Wildman–Crippen MR) is 73.8 cm³/mol. The second kappa shape index (κ2) is 8.15. The van der Waals surface area contributed by atoms with E-state index in [0.717, 1.165) is 37.9 Å². The summed E-state index contributed by atoms with van der Waals surface area (Å²) in [6.07, 6.45) is -1.63. The fourth-order valence-corrected chi connectivity index (χ4v) is 2.00. The Hall–Kier alpha value is -1.23. The van der Waals surface area contributed by atoms with Crippen LogP contribution in [0.4, 0.5) is 13.2 Å². The summed E-state index contributed by atoms with van der Waals surface area (Å²) in [4.78, 5) is 0. The molecule has 114 valence electrons. The van der Waals surface area contributed by atoms with Crippen LogP contribution in [-0.4, -0.2) is 19.5 Å². The van der Waals surface area contributed by atoms with E-state index in [-0.39, 0.29) is 5.75 Å². The van der Waals surface area contributed by atoms with Crippen LogP contribution in [0.2, 0.25) is 0 Å². The second-order valence-electron chi connectivity index (χ2n) is 4.87. The van der Waals surface area contributed by atoms with E-state index < -0.39 is 6.36 Å². The van der Waals surface area contributed by atoms with Crippen molar-refractivity contribution in [3.8, 4) is 5.75 Å². The zero-order valence-corrected chi connectivity index (χ0v) is 12.0. The van der Waals surface area contributed by atoms with Crippen LogP contribution in [-0.2, 0) is 6.42 Å². The van der Waals surface area contributed by atoms with Gasteiger partial charge in [0.05, 0.1) is 0 Å². The van der Waals surface area contributed by atoms with Gasteiger partial charge in [-0.3, -0.25) is 0 Å². The van der Waals surface area contributed by atoms with Crippen molar-refractivity contribution in [1.29, 1.82) is 0 Å². The largest absolute Gasteiger partial charge is 0.573 e. The molecule has 1 atom stereocenters. The minimum absolute atomic E-state index is 0.168. The molecule has 0 aliphatic rings. The molecule has 1 rings (SSSR count). The lowest BCUT2D eigenvalue weighted by Crippen LogP contribution is -2.24. The van der Waals surface area contributed by atoms with E-state index in [2.05, 4.69) is 23.9 Å². The maximum Gasteiger partial charge on any atom is 0.573 e. The Labute approximate surface area is 118 Å². The average Bonchev–Trinajstić information content (AvgIpc) is 2.38. The zero-order valence-electron chi connectivity index (χ0n) is 12.0. The molecule has 0 radical (unpaired) electrons. The molecule has 0 amide bonds. The van der Waals surface area contributed by atoms with Crippen molar-refractivity contribution in [2.45, 2.75) is 39.5 Å². The molecule has 0 spiro atoms. The van der Waals surface area contributed by atoms with Gasteiger partial charge in [0.1, 0.15) is 5.75 Å². The first-order chi connectivity index (χ1) is 9.44. The average molecular weight is 289 g/mol. The maximum atomic E-state index is 12.0. The predicted octanol–water partition coefficient (Wildman–Crippen LogP) is 4.15. The van der Waals surface area contributed by atoms with Crippen molar-refractivity contribution in [3.05, 3.63) is 29.8 Å². The van der Waals surface area contributed by atoms with Crippen LogP contribution in [0, 0.1) is 5.92 Å². The maximum absolute atomic E-state index is 12.0. The fourth-order valence-electron chi connectivity index (χ4n) is 2.00. The van der Waals surface area contributed by atoms with Gasteiger partial charge < -0.3 is 10.1 Å². The Morgan fingerprint density at radius 1 is 1.15 bits per heavy atom. The molecule has 0 aromatic heterocycles. The molecule has 1 aromatic rings. The number of alkyl halides is 3. The minimum atomic E-state index is -4.63. The summed E-state index contributed by atoms with van der Waals surface area (Å²) in [6.45, 7) is 6.17. The topological polar surface area (TPSA) is 21.3 Å². The first-order valence-corrected chi connectivity index (χ1v) is 7.00. The Morgan fingerprint density at radius 3 is 2.30 bits per heavy atom. The molecule has 0 aliphatic heterocycles. The van der Waals surface area contributed by atoms with Crippen LogP contribution in [0.3, 0.4) is 0 Å². The van der Waals surface area contributed by atoms with Gasteiger partial charge in [-0.15, -0.1) is 13.2 Å². The first kappa shape index (κ1) is 16.8. The summed E-state index contributed by atoms with van der Waals surface area (Å²) < 4.78 is 40.0. The Balaban J connectivity index is 2.50. The van der Waals surface area contributed by atoms with Crippen LogP contribution in [0.5, 0.6) is 5.75 Å². The van der Waals surface area contributed by atoms with E-state index in [4.69, 9.17) is 0 Å². The van der Waals surface area contributed by atoms with Crippen LogP contribution in [0.25, 0.3) is 0 Å². The van der Waals surface area contributed by atoms with Gasteiger partial charge in [-0.05, 0) is 49.5 Å². The summed E-state index contributed by atoms with van der Waals surface area (Å²) in [6, 6.07) is 6.14. The van der Waals surface area contributed by atoms with E-state index in [1.165, 1.54) is 12.1 Å². The standard InChI is InChI=1S/C15H22F3NO/c1-3-9-19-11-12(4-2)10-13-5-7-14(8-6-13)20-15(16,17)18/h5-8,12,19H,3-4,9-11H2,1-2H3. The van der Waals surface area contributed by atoms with Crippen molar-refractivity contribution in [2.75, 3.05) is 13.1 Å². The molecule has 1 aromatic carbocycles. The van der Waals surface area contributed by atoms with Crippen LogP contribution < -0.4 is 10.1 Å². The molecule has 0 fully saturated rings. The highest BCUT2D eigenvalue weighted by Gasteiger charge is 2.30. The number of hydrogen-bond donors (Lipinski definition) is 1. The van der Waals surface area contributed by atoms with E-state index in [1.54, 1.807) is 12.1 Å². The number of ether oxygens (including phenoxy) is 1. The summed E-state index contributed by atoms with van der Waals surface area (Å²) in [5.41, 5.74) is 1.03. The summed E-state index contributed by atoms with van der Waals surface area (Å²) in [5.74, 6) is 0.328. The SMILES string of the molecule is CCCNCC(CC)Cc1ccc(OC(F)(F)F)cc1. The number of hydrogen-bond acceptors (Lipinski definition) is 2. The molecule has 1 unspecified atom stereocenters. The first-order valence-electron chi connectivity index (χ1n) is 7.00. The fraction of sp³-hybridized carbons (Fsp3) is 0.600. The van der Waals surface area contributed by atoms with Crippen LogP contribution in [0.1, 0.15) is 32.3 Å². The third-order valence-electron chi connectivity index (χ3n) is 3.12. The molecule has 1 N–H and O–H groups in total. The smallest absolute Gasteiger partial charge is 0.406 e. The van der Waals surface area contributed by atoms with E-state index in [1.807, 2.05) is 0 Å². The zero-order chi connectivity index (χ0) is 15.0. The van der Waals surface area contributed by atoms with E-state index in [0.29, 0.717) is 5.92 Å². The molecule has 20 heavy (non-hydrogen) atoms. The monoisotopic (exact) mass is 289 g/mol. The van der Waals surface area contributed by atoms with Gasteiger partial charge in [0.2, 0.25) is 0 Å². The summed E-state index contributed by atoms with van der Waals surface area (Å²) in [5, 5.41) is 3.38. The highest BCUT2D eigenvalue weighted by Crippen LogP contribution is 2.23. The van der Waals surface area contributed by atoms with Gasteiger partial charge in [-0.25, -0.2) is 0 Å². The molecule has 0 aliphatic carbocycles. The van der Waals surface area contributed by atoms with Crippen LogP contribution >= 0.6 is 0 Å². The van der Waals surface area contributed by atoms with Gasteiger partial charge in [0.25, 0.3) is 0 Å². The molecule has 0 saturated carbocycles. The lowest BCUT2D eigenvalue weighted by Gasteiger charge is -2.16. The lowest BCUT2D eigenvalue weighted by molar-refractivity contribution is -0.274. The van der Waals surface area contributed by atoms with Crippen molar-refractivity contribution in [1.82, 2.24) is 5.32 Å². The quantitative estimate of drug-likeness (QED) is 0.726. The van der Waals surface area contributed by atoms with Gasteiger partial charge >= 0.3 is 6.36 Å². The van der Waals surface area contributed by atoms with Gasteiger partial charge in [-0.1, -0.05) is 32.4 Å². The van der Waals surface area contributed by atoms with Gasteiger partial charge in [0.15, 0.2) is 0 Å². The van der Waals surface area contributed by atoms with Crippen molar-refractivity contribution < 1.29 is 17.9 Å². The molecule has 0 saturated heterocycles. The second-order valence-corrected chi connectivity index (χ2v) is 4.87. The lowest BCUT2D eigenvalue weighted by atomic mass is 9.97. The number of rotatable bonds is 8. The molecule has 0 heterocycles. The Morgan fingerprint density at radius 2 is 1.80 bits per heavy atom. The molecular weight excluding hydrogens is 267 g/mol. The number of nitrogens with one attached hydrogen (secondary N) is 1. The molecule has 2 nitrogen and oxygen atoms in total.